The first-order valence-corrected chi connectivity index (χ1v) is 13.5. The molecule has 2 saturated carbocycles. The lowest BCUT2D eigenvalue weighted by Crippen LogP contribution is -2.36. The van der Waals surface area contributed by atoms with Crippen LogP contribution in [0.15, 0.2) is 23.0 Å². The maximum atomic E-state index is 13.4. The average molecular weight is 466 g/mol. The van der Waals surface area contributed by atoms with E-state index in [4.69, 9.17) is 0 Å². The number of hydrogen-bond acceptors (Lipinski definition) is 3. The first kappa shape index (κ1) is 23.4. The molecule has 0 spiro atoms. The van der Waals surface area contributed by atoms with Gasteiger partial charge in [0.15, 0.2) is 5.43 Å². The molecule has 1 saturated heterocycles. The van der Waals surface area contributed by atoms with Crippen molar-refractivity contribution < 1.29 is 9.59 Å². The minimum absolute atomic E-state index is 0.151. The van der Waals surface area contributed by atoms with Crippen molar-refractivity contribution >= 4 is 11.8 Å². The predicted octanol–water partition coefficient (Wildman–Crippen LogP) is 3.84. The monoisotopic (exact) mass is 465 g/mol. The summed E-state index contributed by atoms with van der Waals surface area (Å²) in [6, 6.07) is 1.63. The van der Waals surface area contributed by atoms with Gasteiger partial charge < -0.3 is 14.8 Å². The molecule has 1 aromatic rings. The lowest BCUT2D eigenvalue weighted by molar-refractivity contribution is -0.127. The zero-order valence-electron chi connectivity index (χ0n) is 20.6. The fourth-order valence-electron chi connectivity index (χ4n) is 6.89. The van der Waals surface area contributed by atoms with Crippen LogP contribution in [-0.2, 0) is 17.8 Å². The summed E-state index contributed by atoms with van der Waals surface area (Å²) in [7, 11) is 0. The summed E-state index contributed by atoms with van der Waals surface area (Å²) in [4.78, 5) is 40.5. The number of hydrogen-bond donors (Lipinski definition) is 1. The first-order chi connectivity index (χ1) is 16.5. The Kier molecular flexibility index (Phi) is 6.94. The topological polar surface area (TPSA) is 71.4 Å². The minimum Gasteiger partial charge on any atom is -0.352 e. The van der Waals surface area contributed by atoms with E-state index >= 15 is 0 Å². The molecular weight excluding hydrogens is 426 g/mol. The Bertz CT molecular complexity index is 1020. The summed E-state index contributed by atoms with van der Waals surface area (Å²) < 4.78 is 2.20. The van der Waals surface area contributed by atoms with E-state index < -0.39 is 0 Å². The quantitative estimate of drug-likeness (QED) is 0.563. The van der Waals surface area contributed by atoms with E-state index in [0.29, 0.717) is 42.2 Å². The number of carbonyl (C=O) groups excluding carboxylic acids is 2. The average Bonchev–Trinajstić information content (AvgIpc) is 3.61. The third-order valence-electron chi connectivity index (χ3n) is 8.73. The van der Waals surface area contributed by atoms with Crippen LogP contribution in [0.2, 0.25) is 0 Å². The Labute approximate surface area is 202 Å². The molecule has 0 unspecified atom stereocenters. The number of nitrogens with one attached hydrogen (secondary N) is 1. The van der Waals surface area contributed by atoms with Gasteiger partial charge in [-0.3, -0.25) is 14.4 Å². The number of likely N-dealkylation sites (tertiary alicyclic amines) is 1. The van der Waals surface area contributed by atoms with Crippen molar-refractivity contribution in [1.29, 1.82) is 0 Å². The highest BCUT2D eigenvalue weighted by Gasteiger charge is 2.36. The molecule has 184 valence electrons. The highest BCUT2D eigenvalue weighted by atomic mass is 16.2. The van der Waals surface area contributed by atoms with Crippen LogP contribution in [0.4, 0.5) is 0 Å². The number of aryl methyl sites for hydroxylation is 1. The zero-order chi connectivity index (χ0) is 23.7. The Balaban J connectivity index is 1.35. The SMILES string of the molecule is Cc1cc(=O)c(C(=O)NC[C@H]2C[C@@H]3C=C[C@H]2C3)c(CC2CCCC2)n1CCCN1CCCC1=O. The zero-order valence-corrected chi connectivity index (χ0v) is 20.6. The van der Waals surface area contributed by atoms with Gasteiger partial charge >= 0.3 is 0 Å². The number of pyridine rings is 1. The Morgan fingerprint density at radius 3 is 2.59 bits per heavy atom. The smallest absolute Gasteiger partial charge is 0.257 e. The van der Waals surface area contributed by atoms with Crippen molar-refractivity contribution in [1.82, 2.24) is 14.8 Å². The minimum atomic E-state index is -0.201. The van der Waals surface area contributed by atoms with Crippen LogP contribution in [-0.4, -0.2) is 40.9 Å². The van der Waals surface area contributed by atoms with Gasteiger partial charge in [-0.05, 0) is 62.7 Å². The second kappa shape index (κ2) is 10.1. The predicted molar refractivity (Wildman–Crippen MR) is 133 cm³/mol. The van der Waals surface area contributed by atoms with Crippen LogP contribution in [0.1, 0.15) is 79.5 Å². The van der Waals surface area contributed by atoms with Crippen LogP contribution in [0.25, 0.3) is 0 Å². The Morgan fingerprint density at radius 1 is 1.09 bits per heavy atom. The summed E-state index contributed by atoms with van der Waals surface area (Å²) in [5, 5.41) is 3.15. The highest BCUT2D eigenvalue weighted by Crippen LogP contribution is 2.43. The maximum Gasteiger partial charge on any atom is 0.257 e. The number of rotatable bonds is 9. The molecule has 3 aliphatic carbocycles. The highest BCUT2D eigenvalue weighted by molar-refractivity contribution is 5.95. The second-order valence-electron chi connectivity index (χ2n) is 11.1. The summed E-state index contributed by atoms with van der Waals surface area (Å²) in [6.45, 7) is 4.95. The fourth-order valence-corrected chi connectivity index (χ4v) is 6.89. The van der Waals surface area contributed by atoms with Crippen LogP contribution < -0.4 is 10.7 Å². The molecule has 1 aliphatic heterocycles. The third-order valence-corrected chi connectivity index (χ3v) is 8.73. The van der Waals surface area contributed by atoms with Gasteiger partial charge in [0.2, 0.25) is 5.91 Å². The standard InChI is InChI=1S/C28H39N3O3/c1-19-14-25(32)27(28(34)29-18-23-16-21-9-10-22(23)15-21)24(17-20-6-2-3-7-20)31(19)13-5-12-30-11-4-8-26(30)33/h9-10,14,20-23H,2-8,11-13,15-18H2,1H3,(H,29,34)/t21-,22+,23-/m1/s1. The van der Waals surface area contributed by atoms with Gasteiger partial charge in [-0.1, -0.05) is 37.8 Å². The van der Waals surface area contributed by atoms with Gasteiger partial charge in [-0.2, -0.15) is 0 Å². The molecule has 6 heteroatoms. The second-order valence-corrected chi connectivity index (χ2v) is 11.1. The number of aromatic nitrogens is 1. The molecule has 34 heavy (non-hydrogen) atoms. The number of nitrogens with zero attached hydrogens (tertiary/aromatic N) is 2. The van der Waals surface area contributed by atoms with Crippen molar-refractivity contribution in [3.8, 4) is 0 Å². The normalized spacial score (nSPS) is 26.2. The van der Waals surface area contributed by atoms with Gasteiger partial charge in [0.05, 0.1) is 0 Å². The van der Waals surface area contributed by atoms with Crippen LogP contribution in [0.5, 0.6) is 0 Å². The molecule has 3 atom stereocenters. The maximum absolute atomic E-state index is 13.4. The number of amides is 2. The summed E-state index contributed by atoms with van der Waals surface area (Å²) in [6.07, 6.45) is 15.0. The van der Waals surface area contributed by atoms with E-state index in [-0.39, 0.29) is 17.2 Å². The van der Waals surface area contributed by atoms with E-state index in [1.54, 1.807) is 6.07 Å². The fraction of sp³-hybridized carbons (Fsp3) is 0.679. The Morgan fingerprint density at radius 2 is 1.91 bits per heavy atom. The van der Waals surface area contributed by atoms with E-state index in [1.807, 2.05) is 11.8 Å². The van der Waals surface area contributed by atoms with E-state index in [1.165, 1.54) is 32.1 Å². The summed E-state index contributed by atoms with van der Waals surface area (Å²) >= 11 is 0. The van der Waals surface area contributed by atoms with Crippen LogP contribution in [0, 0.1) is 30.6 Å². The van der Waals surface area contributed by atoms with E-state index in [0.717, 1.165) is 56.7 Å². The van der Waals surface area contributed by atoms with Crippen molar-refractivity contribution in [2.75, 3.05) is 19.6 Å². The molecule has 6 nitrogen and oxygen atoms in total. The number of allylic oxidation sites excluding steroid dienone is 2. The van der Waals surface area contributed by atoms with Crippen molar-refractivity contribution in [3.63, 3.8) is 0 Å². The molecule has 2 bridgehead atoms. The number of carbonyl (C=O) groups is 2. The van der Waals surface area contributed by atoms with E-state index in [2.05, 4.69) is 22.0 Å². The van der Waals surface area contributed by atoms with Crippen molar-refractivity contribution in [3.05, 3.63) is 45.4 Å². The van der Waals surface area contributed by atoms with Crippen LogP contribution in [0.3, 0.4) is 0 Å². The van der Waals surface area contributed by atoms with Gasteiger partial charge in [0, 0.05) is 50.1 Å². The van der Waals surface area contributed by atoms with Gasteiger partial charge in [-0.15, -0.1) is 0 Å². The lowest BCUT2D eigenvalue weighted by atomic mass is 9.93. The third kappa shape index (κ3) is 4.87. The van der Waals surface area contributed by atoms with Crippen molar-refractivity contribution in [2.45, 2.75) is 77.7 Å². The number of fused-ring (bicyclic) bond motifs is 2. The summed E-state index contributed by atoms with van der Waals surface area (Å²) in [5.41, 5.74) is 2.03. The molecule has 1 aromatic heterocycles. The molecule has 0 radical (unpaired) electrons. The van der Waals surface area contributed by atoms with Gasteiger partial charge in [0.1, 0.15) is 5.56 Å². The molecule has 2 heterocycles. The molecule has 1 N–H and O–H groups in total. The Hall–Kier alpha value is -2.37. The molecule has 0 aromatic carbocycles. The molecule has 4 aliphatic rings. The lowest BCUT2D eigenvalue weighted by Gasteiger charge is -2.24. The van der Waals surface area contributed by atoms with E-state index in [9.17, 15) is 14.4 Å². The van der Waals surface area contributed by atoms with Gasteiger partial charge in [-0.25, -0.2) is 0 Å². The molecule has 3 fully saturated rings. The molecule has 2 amide bonds. The van der Waals surface area contributed by atoms with Gasteiger partial charge in [0.25, 0.3) is 5.91 Å². The van der Waals surface area contributed by atoms with Crippen molar-refractivity contribution in [2.24, 2.45) is 23.7 Å². The first-order valence-electron chi connectivity index (χ1n) is 13.5. The molecule has 5 rings (SSSR count). The summed E-state index contributed by atoms with van der Waals surface area (Å²) in [5.74, 6) is 2.32. The molecular formula is C28H39N3O3. The van der Waals surface area contributed by atoms with Crippen LogP contribution >= 0.6 is 0 Å². The largest absolute Gasteiger partial charge is 0.352 e.